The number of ether oxygens (including phenoxy) is 1. The van der Waals surface area contributed by atoms with Crippen LogP contribution in [0.25, 0.3) is 0 Å². The molecule has 0 fully saturated rings. The molecule has 84 valence electrons. The van der Waals surface area contributed by atoms with Crippen LogP contribution in [0.15, 0.2) is 30.5 Å². The van der Waals surface area contributed by atoms with Gasteiger partial charge in [-0.25, -0.2) is 0 Å². The van der Waals surface area contributed by atoms with Gasteiger partial charge in [-0.1, -0.05) is 18.2 Å². The maximum absolute atomic E-state index is 6.09. The van der Waals surface area contributed by atoms with Gasteiger partial charge in [0.25, 0.3) is 0 Å². The van der Waals surface area contributed by atoms with Crippen molar-refractivity contribution in [3.63, 3.8) is 0 Å². The van der Waals surface area contributed by atoms with Crippen LogP contribution in [0.4, 0.5) is 0 Å². The SMILES string of the molecule is CCOc1ccccc1C(N)c1cn[nH]n1. The first-order valence-electron chi connectivity index (χ1n) is 5.16. The first kappa shape index (κ1) is 10.6. The molecular weight excluding hydrogens is 204 g/mol. The average Bonchev–Trinajstić information content (AvgIpc) is 2.83. The molecule has 1 unspecified atom stereocenters. The van der Waals surface area contributed by atoms with E-state index in [1.807, 2.05) is 31.2 Å². The Kier molecular flexibility index (Phi) is 3.16. The van der Waals surface area contributed by atoms with Crippen molar-refractivity contribution in [2.24, 2.45) is 5.73 Å². The van der Waals surface area contributed by atoms with Gasteiger partial charge in [-0.15, -0.1) is 0 Å². The normalized spacial score (nSPS) is 12.4. The predicted octanol–water partition coefficient (Wildman–Crippen LogP) is 1.25. The smallest absolute Gasteiger partial charge is 0.124 e. The van der Waals surface area contributed by atoms with Crippen LogP contribution in [-0.4, -0.2) is 22.0 Å². The summed E-state index contributed by atoms with van der Waals surface area (Å²) in [5.74, 6) is 0.792. The van der Waals surface area contributed by atoms with Crippen LogP contribution in [0.1, 0.15) is 24.2 Å². The van der Waals surface area contributed by atoms with Crippen molar-refractivity contribution in [1.29, 1.82) is 0 Å². The zero-order valence-electron chi connectivity index (χ0n) is 9.05. The molecule has 0 amide bonds. The van der Waals surface area contributed by atoms with Crippen molar-refractivity contribution >= 4 is 0 Å². The number of nitrogens with two attached hydrogens (primary N) is 1. The summed E-state index contributed by atoms with van der Waals surface area (Å²) in [5.41, 5.74) is 7.71. The predicted molar refractivity (Wildman–Crippen MR) is 60.0 cm³/mol. The topological polar surface area (TPSA) is 76.8 Å². The Morgan fingerprint density at radius 1 is 1.44 bits per heavy atom. The lowest BCUT2D eigenvalue weighted by Crippen LogP contribution is -2.14. The molecule has 1 atom stereocenters. The third-order valence-electron chi connectivity index (χ3n) is 2.31. The van der Waals surface area contributed by atoms with Gasteiger partial charge in [-0.3, -0.25) is 0 Å². The third-order valence-corrected chi connectivity index (χ3v) is 2.31. The van der Waals surface area contributed by atoms with Gasteiger partial charge in [-0.05, 0) is 13.0 Å². The van der Waals surface area contributed by atoms with E-state index in [0.717, 1.165) is 11.3 Å². The van der Waals surface area contributed by atoms with E-state index in [1.54, 1.807) is 6.20 Å². The fraction of sp³-hybridized carbons (Fsp3) is 0.273. The zero-order chi connectivity index (χ0) is 11.4. The summed E-state index contributed by atoms with van der Waals surface area (Å²) in [5, 5.41) is 10.3. The van der Waals surface area contributed by atoms with E-state index in [4.69, 9.17) is 10.5 Å². The fourth-order valence-electron chi connectivity index (χ4n) is 1.54. The highest BCUT2D eigenvalue weighted by atomic mass is 16.5. The van der Waals surface area contributed by atoms with E-state index in [0.29, 0.717) is 12.3 Å². The van der Waals surface area contributed by atoms with Crippen LogP contribution in [0, 0.1) is 0 Å². The molecule has 0 aliphatic heterocycles. The first-order valence-corrected chi connectivity index (χ1v) is 5.16. The lowest BCUT2D eigenvalue weighted by atomic mass is 10.0. The van der Waals surface area contributed by atoms with Gasteiger partial charge < -0.3 is 10.5 Å². The third kappa shape index (κ3) is 2.04. The molecule has 2 aromatic rings. The molecule has 0 saturated heterocycles. The number of benzene rings is 1. The monoisotopic (exact) mass is 218 g/mol. The van der Waals surface area contributed by atoms with Crippen LogP contribution in [0.2, 0.25) is 0 Å². The summed E-state index contributed by atoms with van der Waals surface area (Å²) < 4.78 is 5.52. The van der Waals surface area contributed by atoms with Gasteiger partial charge >= 0.3 is 0 Å². The van der Waals surface area contributed by atoms with Crippen LogP contribution in [0.5, 0.6) is 5.75 Å². The molecule has 1 heterocycles. The van der Waals surface area contributed by atoms with Crippen molar-refractivity contribution in [2.45, 2.75) is 13.0 Å². The lowest BCUT2D eigenvalue weighted by Gasteiger charge is -2.14. The maximum atomic E-state index is 6.09. The summed E-state index contributed by atoms with van der Waals surface area (Å²) in [4.78, 5) is 0. The Morgan fingerprint density at radius 2 is 2.25 bits per heavy atom. The Labute approximate surface area is 93.6 Å². The number of hydrogen-bond acceptors (Lipinski definition) is 4. The molecule has 0 bridgehead atoms. The van der Waals surface area contributed by atoms with Crippen molar-refractivity contribution in [3.8, 4) is 5.75 Å². The second-order valence-corrected chi connectivity index (χ2v) is 3.34. The van der Waals surface area contributed by atoms with Crippen LogP contribution in [0.3, 0.4) is 0 Å². The Hall–Kier alpha value is -1.88. The van der Waals surface area contributed by atoms with Crippen molar-refractivity contribution in [2.75, 3.05) is 6.61 Å². The largest absolute Gasteiger partial charge is 0.494 e. The number of rotatable bonds is 4. The summed E-state index contributed by atoms with van der Waals surface area (Å²) in [6, 6.07) is 7.37. The Bertz CT molecular complexity index is 441. The molecule has 0 radical (unpaired) electrons. The highest BCUT2D eigenvalue weighted by Gasteiger charge is 2.15. The van der Waals surface area contributed by atoms with E-state index in [1.165, 1.54) is 0 Å². The zero-order valence-corrected chi connectivity index (χ0v) is 9.05. The minimum absolute atomic E-state index is 0.318. The number of nitrogens with one attached hydrogen (secondary N) is 1. The summed E-state index contributed by atoms with van der Waals surface area (Å²) in [6.45, 7) is 2.56. The average molecular weight is 218 g/mol. The molecule has 0 aliphatic carbocycles. The lowest BCUT2D eigenvalue weighted by molar-refractivity contribution is 0.335. The van der Waals surface area contributed by atoms with Crippen LogP contribution in [-0.2, 0) is 0 Å². The van der Waals surface area contributed by atoms with E-state index >= 15 is 0 Å². The molecular formula is C11H14N4O. The van der Waals surface area contributed by atoms with Gasteiger partial charge in [0.15, 0.2) is 0 Å². The summed E-state index contributed by atoms with van der Waals surface area (Å²) >= 11 is 0. The molecule has 5 heteroatoms. The molecule has 0 spiro atoms. The maximum Gasteiger partial charge on any atom is 0.124 e. The van der Waals surface area contributed by atoms with Gasteiger partial charge in [-0.2, -0.15) is 15.4 Å². The van der Waals surface area contributed by atoms with Gasteiger partial charge in [0, 0.05) is 5.56 Å². The van der Waals surface area contributed by atoms with E-state index in [9.17, 15) is 0 Å². The molecule has 0 saturated carbocycles. The quantitative estimate of drug-likeness (QED) is 0.809. The van der Waals surface area contributed by atoms with Gasteiger partial charge in [0.2, 0.25) is 0 Å². The number of aromatic nitrogens is 3. The van der Waals surface area contributed by atoms with Crippen LogP contribution >= 0.6 is 0 Å². The van der Waals surface area contributed by atoms with E-state index in [2.05, 4.69) is 15.4 Å². The first-order chi connectivity index (χ1) is 7.83. The molecule has 1 aromatic heterocycles. The van der Waals surface area contributed by atoms with E-state index < -0.39 is 0 Å². The van der Waals surface area contributed by atoms with Gasteiger partial charge in [0.05, 0.1) is 18.8 Å². The minimum atomic E-state index is -0.318. The van der Waals surface area contributed by atoms with Gasteiger partial charge in [0.1, 0.15) is 11.4 Å². The standard InChI is InChI=1S/C11H14N4O/c1-2-16-10-6-4-3-5-8(10)11(12)9-7-13-15-14-9/h3-7,11H,2,12H2,1H3,(H,13,14,15). The molecule has 3 N–H and O–H groups in total. The molecule has 5 nitrogen and oxygen atoms in total. The van der Waals surface area contributed by atoms with Crippen LogP contribution < -0.4 is 10.5 Å². The highest BCUT2D eigenvalue weighted by Crippen LogP contribution is 2.26. The number of H-pyrrole nitrogens is 1. The number of aromatic amines is 1. The number of para-hydroxylation sites is 1. The second kappa shape index (κ2) is 4.76. The highest BCUT2D eigenvalue weighted by molar-refractivity contribution is 5.39. The molecule has 16 heavy (non-hydrogen) atoms. The molecule has 1 aromatic carbocycles. The van der Waals surface area contributed by atoms with Crippen molar-refractivity contribution < 1.29 is 4.74 Å². The summed E-state index contributed by atoms with van der Waals surface area (Å²) in [6.07, 6.45) is 1.62. The summed E-state index contributed by atoms with van der Waals surface area (Å²) in [7, 11) is 0. The minimum Gasteiger partial charge on any atom is -0.494 e. The molecule has 2 rings (SSSR count). The number of hydrogen-bond donors (Lipinski definition) is 2. The Balaban J connectivity index is 2.32. The van der Waals surface area contributed by atoms with Crippen molar-refractivity contribution in [3.05, 3.63) is 41.7 Å². The Morgan fingerprint density at radius 3 is 2.94 bits per heavy atom. The molecule has 0 aliphatic rings. The van der Waals surface area contributed by atoms with Crippen molar-refractivity contribution in [1.82, 2.24) is 15.4 Å². The number of nitrogens with zero attached hydrogens (tertiary/aromatic N) is 2. The van der Waals surface area contributed by atoms with E-state index in [-0.39, 0.29) is 6.04 Å². The fourth-order valence-corrected chi connectivity index (χ4v) is 1.54. The second-order valence-electron chi connectivity index (χ2n) is 3.34.